The Morgan fingerprint density at radius 2 is 2.04 bits per heavy atom. The number of anilines is 1. The Balaban J connectivity index is 1.90. The second kappa shape index (κ2) is 6.78. The van der Waals surface area contributed by atoms with Crippen molar-refractivity contribution in [1.29, 1.82) is 0 Å². The lowest BCUT2D eigenvalue weighted by molar-refractivity contribution is -0.121. The second-order valence-corrected chi connectivity index (χ2v) is 7.52. The van der Waals surface area contributed by atoms with E-state index < -0.39 is 0 Å². The highest BCUT2D eigenvalue weighted by atomic mass is 16.2. The van der Waals surface area contributed by atoms with Crippen molar-refractivity contribution in [3.8, 4) is 11.5 Å². The first-order chi connectivity index (χ1) is 11.8. The molecule has 0 radical (unpaired) electrons. The van der Waals surface area contributed by atoms with Crippen LogP contribution in [0.2, 0.25) is 0 Å². The van der Waals surface area contributed by atoms with Crippen LogP contribution in [0.4, 0.5) is 5.82 Å². The molecule has 0 unspecified atom stereocenters. The predicted molar refractivity (Wildman–Crippen MR) is 98.5 cm³/mol. The Morgan fingerprint density at radius 1 is 1.24 bits per heavy atom. The lowest BCUT2D eigenvalue weighted by atomic mass is 10.1. The minimum Gasteiger partial charge on any atom is -0.350 e. The van der Waals surface area contributed by atoms with Gasteiger partial charge in [0.2, 0.25) is 5.91 Å². The number of rotatable bonds is 4. The monoisotopic (exact) mass is 339 g/mol. The van der Waals surface area contributed by atoms with Crippen LogP contribution in [0.1, 0.15) is 38.4 Å². The first kappa shape index (κ1) is 17.3. The maximum absolute atomic E-state index is 12.3. The second-order valence-electron chi connectivity index (χ2n) is 7.52. The quantitative estimate of drug-likeness (QED) is 0.926. The van der Waals surface area contributed by atoms with Gasteiger partial charge in [-0.05, 0) is 52.2 Å². The number of hydrogen-bond donors (Lipinski definition) is 1. The van der Waals surface area contributed by atoms with Gasteiger partial charge in [0.1, 0.15) is 11.5 Å². The van der Waals surface area contributed by atoms with Crippen molar-refractivity contribution in [2.24, 2.45) is 0 Å². The van der Waals surface area contributed by atoms with Crippen LogP contribution >= 0.6 is 0 Å². The Morgan fingerprint density at radius 3 is 2.72 bits per heavy atom. The molecule has 0 atom stereocenters. The van der Waals surface area contributed by atoms with Gasteiger partial charge < -0.3 is 10.2 Å². The summed E-state index contributed by atoms with van der Waals surface area (Å²) in [5.41, 5.74) is 2.75. The molecule has 2 aromatic heterocycles. The topological polar surface area (TPSA) is 71.0 Å². The number of hydrogen-bond acceptors (Lipinski definition) is 5. The molecule has 1 aliphatic carbocycles. The molecule has 6 heteroatoms. The Labute approximate surface area is 148 Å². The molecular formula is C19H25N5O. The zero-order valence-corrected chi connectivity index (χ0v) is 15.3. The van der Waals surface area contributed by atoms with Gasteiger partial charge >= 0.3 is 0 Å². The summed E-state index contributed by atoms with van der Waals surface area (Å²) in [7, 11) is 1.91. The molecule has 1 N–H and O–H groups in total. The summed E-state index contributed by atoms with van der Waals surface area (Å²) < 4.78 is 0. The number of aryl methyl sites for hydroxylation is 1. The smallest absolute Gasteiger partial charge is 0.239 e. The maximum atomic E-state index is 12.3. The number of carbonyl (C=O) groups is 1. The molecular weight excluding hydrogens is 314 g/mol. The minimum absolute atomic E-state index is 0.0141. The van der Waals surface area contributed by atoms with Crippen molar-refractivity contribution in [1.82, 2.24) is 20.3 Å². The number of pyridine rings is 1. The summed E-state index contributed by atoms with van der Waals surface area (Å²) in [4.78, 5) is 28.0. The van der Waals surface area contributed by atoms with E-state index in [1.807, 2.05) is 50.9 Å². The Hall–Kier alpha value is -2.50. The summed E-state index contributed by atoms with van der Waals surface area (Å²) in [6.45, 7) is 6.20. The summed E-state index contributed by atoms with van der Waals surface area (Å²) in [6.07, 6.45) is 4.72. The number of aromatic nitrogens is 3. The normalized spacial score (nSPS) is 13.4. The zero-order valence-electron chi connectivity index (χ0n) is 15.3. The summed E-state index contributed by atoms with van der Waals surface area (Å²) in [5, 5.41) is 3.00. The molecule has 3 rings (SSSR count). The highest BCUT2D eigenvalue weighted by molar-refractivity contribution is 5.82. The number of nitrogens with one attached hydrogen (secondary N) is 1. The van der Waals surface area contributed by atoms with E-state index in [9.17, 15) is 4.79 Å². The molecule has 2 aromatic rings. The van der Waals surface area contributed by atoms with Gasteiger partial charge in [0.05, 0.1) is 6.54 Å². The van der Waals surface area contributed by atoms with Crippen molar-refractivity contribution in [3.63, 3.8) is 0 Å². The maximum Gasteiger partial charge on any atom is 0.239 e. The van der Waals surface area contributed by atoms with Crippen molar-refractivity contribution < 1.29 is 4.79 Å². The molecule has 1 amide bonds. The lowest BCUT2D eigenvalue weighted by Gasteiger charge is -2.25. The molecule has 1 aliphatic rings. The van der Waals surface area contributed by atoms with E-state index in [-0.39, 0.29) is 18.0 Å². The molecule has 0 spiro atoms. The van der Waals surface area contributed by atoms with E-state index in [1.165, 1.54) is 0 Å². The largest absolute Gasteiger partial charge is 0.350 e. The van der Waals surface area contributed by atoms with E-state index in [0.717, 1.165) is 42.0 Å². The summed E-state index contributed by atoms with van der Waals surface area (Å²) >= 11 is 0. The van der Waals surface area contributed by atoms with Crippen LogP contribution in [0.15, 0.2) is 24.4 Å². The van der Waals surface area contributed by atoms with Crippen molar-refractivity contribution >= 4 is 11.7 Å². The third-order valence-corrected chi connectivity index (χ3v) is 4.06. The van der Waals surface area contributed by atoms with Gasteiger partial charge in [0.25, 0.3) is 0 Å². The minimum atomic E-state index is -0.245. The predicted octanol–water partition coefficient (Wildman–Crippen LogP) is 2.38. The molecule has 2 heterocycles. The van der Waals surface area contributed by atoms with Crippen LogP contribution in [-0.4, -0.2) is 40.0 Å². The average molecular weight is 339 g/mol. The molecule has 25 heavy (non-hydrogen) atoms. The van der Waals surface area contributed by atoms with E-state index in [0.29, 0.717) is 5.82 Å². The molecule has 0 aliphatic heterocycles. The third kappa shape index (κ3) is 4.13. The molecule has 0 bridgehead atoms. The van der Waals surface area contributed by atoms with Crippen molar-refractivity contribution in [3.05, 3.63) is 35.7 Å². The first-order valence-electron chi connectivity index (χ1n) is 8.67. The first-order valence-corrected chi connectivity index (χ1v) is 8.67. The molecule has 0 saturated carbocycles. The van der Waals surface area contributed by atoms with Gasteiger partial charge in [-0.1, -0.05) is 6.07 Å². The van der Waals surface area contributed by atoms with Crippen LogP contribution in [0.5, 0.6) is 0 Å². The van der Waals surface area contributed by atoms with Crippen molar-refractivity contribution in [2.75, 3.05) is 18.5 Å². The van der Waals surface area contributed by atoms with Crippen LogP contribution in [-0.2, 0) is 17.6 Å². The molecule has 0 fully saturated rings. The number of fused-ring (bicyclic) bond motifs is 1. The van der Waals surface area contributed by atoms with Gasteiger partial charge in [-0.3, -0.25) is 9.78 Å². The molecule has 0 aromatic carbocycles. The van der Waals surface area contributed by atoms with Gasteiger partial charge in [0, 0.05) is 30.0 Å². The number of likely N-dealkylation sites (N-methyl/N-ethyl adjacent to an activating group) is 1. The fourth-order valence-electron chi connectivity index (χ4n) is 3.09. The zero-order chi connectivity index (χ0) is 18.0. The van der Waals surface area contributed by atoms with Crippen LogP contribution in [0.25, 0.3) is 11.5 Å². The molecule has 6 nitrogen and oxygen atoms in total. The van der Waals surface area contributed by atoms with Crippen LogP contribution in [0, 0.1) is 0 Å². The molecule has 132 valence electrons. The Kier molecular flexibility index (Phi) is 4.70. The highest BCUT2D eigenvalue weighted by Gasteiger charge is 2.24. The summed E-state index contributed by atoms with van der Waals surface area (Å²) in [5.74, 6) is 1.45. The average Bonchev–Trinajstić information content (AvgIpc) is 3.01. The van der Waals surface area contributed by atoms with Gasteiger partial charge in [-0.2, -0.15) is 0 Å². The fraction of sp³-hybridized carbons (Fsp3) is 0.474. The standard InChI is InChI=1S/C19H25N5O/c1-19(2,3)23-16(25)12-24(4)18-13-8-7-10-14(13)21-17(22-18)15-9-5-6-11-20-15/h5-6,9,11H,7-8,10,12H2,1-4H3,(H,23,25). The van der Waals surface area contributed by atoms with Crippen molar-refractivity contribution in [2.45, 2.75) is 45.6 Å². The summed E-state index contributed by atoms with van der Waals surface area (Å²) in [6, 6.07) is 5.71. The lowest BCUT2D eigenvalue weighted by Crippen LogP contribution is -2.45. The van der Waals surface area contributed by atoms with Gasteiger partial charge in [-0.25, -0.2) is 9.97 Å². The number of nitrogens with zero attached hydrogens (tertiary/aromatic N) is 4. The van der Waals surface area contributed by atoms with Crippen LogP contribution in [0.3, 0.4) is 0 Å². The van der Waals surface area contributed by atoms with E-state index in [4.69, 9.17) is 9.97 Å². The highest BCUT2D eigenvalue weighted by Crippen LogP contribution is 2.30. The Bertz CT molecular complexity index is 767. The van der Waals surface area contributed by atoms with E-state index >= 15 is 0 Å². The van der Waals surface area contributed by atoms with Gasteiger partial charge in [-0.15, -0.1) is 0 Å². The number of amides is 1. The fourth-order valence-corrected chi connectivity index (χ4v) is 3.09. The third-order valence-electron chi connectivity index (χ3n) is 4.06. The van der Waals surface area contributed by atoms with E-state index in [1.54, 1.807) is 6.20 Å². The number of carbonyl (C=O) groups excluding carboxylic acids is 1. The van der Waals surface area contributed by atoms with Gasteiger partial charge in [0.15, 0.2) is 5.82 Å². The molecule has 0 saturated heterocycles. The van der Waals surface area contributed by atoms with Crippen LogP contribution < -0.4 is 10.2 Å². The van der Waals surface area contributed by atoms with E-state index in [2.05, 4.69) is 10.3 Å². The SMILES string of the molecule is CN(CC(=O)NC(C)(C)C)c1nc(-c2ccccn2)nc2c1CCC2.